The van der Waals surface area contributed by atoms with Crippen LogP contribution in [0.5, 0.6) is 5.75 Å². The maximum Gasteiger partial charge on any atom is 0.233 e. The number of hydrogen-bond donors (Lipinski definition) is 0. The SMILES string of the molecule is COc1cccc([C@@H]2CCCN2C(=O)[C@H]2C[C@H]2[N+](=O)[O-])c1. The second kappa shape index (κ2) is 5.35. The molecule has 0 radical (unpaired) electrons. The number of benzene rings is 1. The van der Waals surface area contributed by atoms with Gasteiger partial charge in [0.15, 0.2) is 0 Å². The fraction of sp³-hybridized carbons (Fsp3) is 0.533. The van der Waals surface area contributed by atoms with Gasteiger partial charge in [-0.1, -0.05) is 12.1 Å². The van der Waals surface area contributed by atoms with Crippen LogP contribution >= 0.6 is 0 Å². The van der Waals surface area contributed by atoms with Crippen LogP contribution in [-0.4, -0.2) is 35.4 Å². The van der Waals surface area contributed by atoms with E-state index < -0.39 is 12.0 Å². The Morgan fingerprint density at radius 2 is 2.29 bits per heavy atom. The van der Waals surface area contributed by atoms with E-state index in [1.165, 1.54) is 0 Å². The molecule has 2 fully saturated rings. The first-order valence-electron chi connectivity index (χ1n) is 7.19. The summed E-state index contributed by atoms with van der Waals surface area (Å²) < 4.78 is 5.23. The molecule has 0 spiro atoms. The lowest BCUT2D eigenvalue weighted by atomic mass is 10.0. The van der Waals surface area contributed by atoms with Crippen molar-refractivity contribution in [2.24, 2.45) is 5.92 Å². The van der Waals surface area contributed by atoms with Gasteiger partial charge in [0.1, 0.15) is 11.7 Å². The monoisotopic (exact) mass is 290 g/mol. The Labute approximate surface area is 122 Å². The van der Waals surface area contributed by atoms with Gasteiger partial charge in [-0.15, -0.1) is 0 Å². The third-order valence-electron chi connectivity index (χ3n) is 4.36. The summed E-state index contributed by atoms with van der Waals surface area (Å²) in [6.07, 6.45) is 2.21. The highest BCUT2D eigenvalue weighted by Crippen LogP contribution is 2.40. The number of likely N-dealkylation sites (tertiary alicyclic amines) is 1. The van der Waals surface area contributed by atoms with Crippen molar-refractivity contribution < 1.29 is 14.5 Å². The molecule has 1 saturated carbocycles. The van der Waals surface area contributed by atoms with Crippen molar-refractivity contribution in [3.63, 3.8) is 0 Å². The molecule has 1 aliphatic heterocycles. The Kier molecular flexibility index (Phi) is 3.53. The summed E-state index contributed by atoms with van der Waals surface area (Å²) in [5.74, 6) is 0.273. The molecule has 1 heterocycles. The van der Waals surface area contributed by atoms with Crippen LogP contribution in [0.3, 0.4) is 0 Å². The summed E-state index contributed by atoms with van der Waals surface area (Å²) in [6, 6.07) is 7.04. The van der Waals surface area contributed by atoms with E-state index in [2.05, 4.69) is 0 Å². The van der Waals surface area contributed by atoms with Crippen LogP contribution in [0.2, 0.25) is 0 Å². The standard InChI is InChI=1S/C15H18N2O4/c1-21-11-5-2-4-10(8-11)13-6-3-7-16(13)15(18)12-9-14(12)17(19)20/h2,4-5,8,12-14H,3,6-7,9H2,1H3/t12-,13-,14+/m0/s1. The number of hydrogen-bond acceptors (Lipinski definition) is 4. The van der Waals surface area contributed by atoms with Gasteiger partial charge >= 0.3 is 0 Å². The molecule has 1 aromatic rings. The van der Waals surface area contributed by atoms with Crippen molar-refractivity contribution in [2.45, 2.75) is 31.3 Å². The largest absolute Gasteiger partial charge is 0.497 e. The first-order chi connectivity index (χ1) is 10.1. The van der Waals surface area contributed by atoms with E-state index in [1.54, 1.807) is 7.11 Å². The molecule has 0 N–H and O–H groups in total. The summed E-state index contributed by atoms with van der Waals surface area (Å²) in [5, 5.41) is 10.7. The number of methoxy groups -OCH3 is 1. The predicted octanol–water partition coefficient (Wildman–Crippen LogP) is 2.02. The fourth-order valence-electron chi connectivity index (χ4n) is 3.12. The lowest BCUT2D eigenvalue weighted by Gasteiger charge is -2.25. The van der Waals surface area contributed by atoms with E-state index in [1.807, 2.05) is 29.2 Å². The Hall–Kier alpha value is -2.11. The maximum atomic E-state index is 12.5. The predicted molar refractivity (Wildman–Crippen MR) is 75.6 cm³/mol. The van der Waals surface area contributed by atoms with Crippen molar-refractivity contribution in [3.05, 3.63) is 39.9 Å². The molecule has 1 amide bonds. The Bertz CT molecular complexity index is 575. The molecule has 2 aliphatic rings. The summed E-state index contributed by atoms with van der Waals surface area (Å²) in [4.78, 5) is 24.7. The summed E-state index contributed by atoms with van der Waals surface area (Å²) in [6.45, 7) is 0.682. The fourth-order valence-corrected chi connectivity index (χ4v) is 3.12. The zero-order chi connectivity index (χ0) is 15.0. The zero-order valence-corrected chi connectivity index (χ0v) is 11.9. The normalized spacial score (nSPS) is 27.5. The van der Waals surface area contributed by atoms with Gasteiger partial charge < -0.3 is 9.64 Å². The number of nitro groups is 1. The molecule has 112 valence electrons. The quantitative estimate of drug-likeness (QED) is 0.628. The van der Waals surface area contributed by atoms with E-state index in [0.717, 1.165) is 24.2 Å². The van der Waals surface area contributed by atoms with E-state index in [0.29, 0.717) is 13.0 Å². The Morgan fingerprint density at radius 3 is 2.95 bits per heavy atom. The molecule has 6 heteroatoms. The summed E-state index contributed by atoms with van der Waals surface area (Å²) in [5.41, 5.74) is 1.04. The van der Waals surface area contributed by atoms with E-state index in [9.17, 15) is 14.9 Å². The highest BCUT2D eigenvalue weighted by atomic mass is 16.6. The Morgan fingerprint density at radius 1 is 1.48 bits per heavy atom. The number of carbonyl (C=O) groups excluding carboxylic acids is 1. The topological polar surface area (TPSA) is 72.7 Å². The molecule has 1 saturated heterocycles. The summed E-state index contributed by atoms with van der Waals surface area (Å²) >= 11 is 0. The molecular weight excluding hydrogens is 272 g/mol. The molecule has 21 heavy (non-hydrogen) atoms. The molecule has 3 atom stereocenters. The van der Waals surface area contributed by atoms with Crippen LogP contribution in [0.1, 0.15) is 30.9 Å². The highest BCUT2D eigenvalue weighted by Gasteiger charge is 2.55. The van der Waals surface area contributed by atoms with Gasteiger partial charge in [0.25, 0.3) is 0 Å². The van der Waals surface area contributed by atoms with Crippen LogP contribution in [0.15, 0.2) is 24.3 Å². The lowest BCUT2D eigenvalue weighted by molar-refractivity contribution is -0.497. The van der Waals surface area contributed by atoms with E-state index in [-0.39, 0.29) is 16.9 Å². The van der Waals surface area contributed by atoms with Crippen LogP contribution < -0.4 is 4.74 Å². The molecule has 1 aromatic carbocycles. The van der Waals surface area contributed by atoms with E-state index in [4.69, 9.17) is 4.74 Å². The van der Waals surface area contributed by atoms with E-state index >= 15 is 0 Å². The van der Waals surface area contributed by atoms with Crippen LogP contribution in [0, 0.1) is 16.0 Å². The minimum atomic E-state index is -0.677. The van der Waals surface area contributed by atoms with Crippen LogP contribution in [0.4, 0.5) is 0 Å². The van der Waals surface area contributed by atoms with Crippen molar-refractivity contribution in [3.8, 4) is 5.75 Å². The number of nitrogens with zero attached hydrogens (tertiary/aromatic N) is 2. The molecule has 3 rings (SSSR count). The number of carbonyl (C=O) groups is 1. The lowest BCUT2D eigenvalue weighted by Crippen LogP contribution is -2.33. The van der Waals surface area contributed by atoms with Crippen LogP contribution in [0.25, 0.3) is 0 Å². The number of ether oxygens (including phenoxy) is 1. The number of amides is 1. The van der Waals surface area contributed by atoms with Gasteiger partial charge in [-0.05, 0) is 30.5 Å². The second-order valence-electron chi connectivity index (χ2n) is 5.66. The Balaban J connectivity index is 1.76. The molecule has 0 bridgehead atoms. The third-order valence-corrected chi connectivity index (χ3v) is 4.36. The van der Waals surface area contributed by atoms with Gasteiger partial charge in [-0.2, -0.15) is 0 Å². The maximum absolute atomic E-state index is 12.5. The van der Waals surface area contributed by atoms with Crippen molar-refractivity contribution in [2.75, 3.05) is 13.7 Å². The smallest absolute Gasteiger partial charge is 0.233 e. The average Bonchev–Trinajstić information content (AvgIpc) is 3.16. The minimum absolute atomic E-state index is 0.0144. The van der Waals surface area contributed by atoms with Gasteiger partial charge in [-0.3, -0.25) is 14.9 Å². The number of rotatable bonds is 4. The first-order valence-corrected chi connectivity index (χ1v) is 7.19. The highest BCUT2D eigenvalue weighted by molar-refractivity contribution is 5.82. The molecular formula is C15H18N2O4. The third kappa shape index (κ3) is 2.57. The summed E-state index contributed by atoms with van der Waals surface area (Å²) in [7, 11) is 1.61. The average molecular weight is 290 g/mol. The van der Waals surface area contributed by atoms with Crippen molar-refractivity contribution in [1.29, 1.82) is 0 Å². The van der Waals surface area contributed by atoms with Crippen molar-refractivity contribution >= 4 is 5.91 Å². The van der Waals surface area contributed by atoms with Gasteiger partial charge in [-0.25, -0.2) is 0 Å². The first kappa shape index (κ1) is 13.9. The van der Waals surface area contributed by atoms with Gasteiger partial charge in [0.2, 0.25) is 11.9 Å². The minimum Gasteiger partial charge on any atom is -0.497 e. The van der Waals surface area contributed by atoms with Crippen LogP contribution in [-0.2, 0) is 4.79 Å². The molecule has 0 unspecified atom stereocenters. The molecule has 1 aliphatic carbocycles. The second-order valence-corrected chi connectivity index (χ2v) is 5.66. The van der Waals surface area contributed by atoms with Crippen molar-refractivity contribution in [1.82, 2.24) is 4.90 Å². The zero-order valence-electron chi connectivity index (χ0n) is 11.9. The molecule has 6 nitrogen and oxygen atoms in total. The van der Waals surface area contributed by atoms with Gasteiger partial charge in [0.05, 0.1) is 13.2 Å². The molecule has 0 aromatic heterocycles. The van der Waals surface area contributed by atoms with Gasteiger partial charge in [0, 0.05) is 17.9 Å².